The largest absolute Gasteiger partial charge is 0.416 e. The van der Waals surface area contributed by atoms with Gasteiger partial charge in [0.25, 0.3) is 5.91 Å². The van der Waals surface area contributed by atoms with Crippen molar-refractivity contribution in [1.29, 1.82) is 0 Å². The minimum Gasteiger partial charge on any atom is -0.346 e. The van der Waals surface area contributed by atoms with Gasteiger partial charge in [0.05, 0.1) is 17.6 Å². The molecule has 276 valence electrons. The molecule has 1 aromatic rings. The second kappa shape index (κ2) is 15.3. The highest BCUT2D eigenvalue weighted by atomic mass is 19.4. The van der Waals surface area contributed by atoms with E-state index in [2.05, 4.69) is 27.8 Å². The van der Waals surface area contributed by atoms with Gasteiger partial charge in [-0.1, -0.05) is 80.0 Å². The number of carbonyl (C=O) groups is 6. The van der Waals surface area contributed by atoms with Crippen LogP contribution in [-0.4, -0.2) is 77.5 Å². The number of amides is 5. The van der Waals surface area contributed by atoms with Crippen molar-refractivity contribution < 1.29 is 41.9 Å². The Balaban J connectivity index is 1.82. The smallest absolute Gasteiger partial charge is 0.346 e. The molecule has 1 unspecified atom stereocenters. The summed E-state index contributed by atoms with van der Waals surface area (Å²) >= 11 is 0. The first kappa shape index (κ1) is 40.2. The zero-order valence-corrected chi connectivity index (χ0v) is 30.0. The standard InChI is InChI=1S/C36H50F3N5O6/c1-10-12-23(28(46)31(48)40-17-11-2)41-30(47)26-24-22(35(24,8)9)18-44(26)32(49)29(34(5,6)7)43-33(50)42-25(19(3)4)27(45)20-13-15-21(16-14-20)36(37,38)39/h11,13-16,19,22-26,29H,2,10,12,17-18H2,1,3-9H3,(H,40,48)(H,41,47)(H2,42,43,50)/t22-,23?,24-,25-,26-,29+/m0/s1. The second-order valence-electron chi connectivity index (χ2n) is 15.2. The molecule has 1 heterocycles. The molecule has 6 atom stereocenters. The molecule has 2 fully saturated rings. The fraction of sp³-hybridized carbons (Fsp3) is 0.611. The number of fused-ring (bicyclic) bond motifs is 1. The van der Waals surface area contributed by atoms with E-state index in [4.69, 9.17) is 0 Å². The number of likely N-dealkylation sites (tertiary alicyclic amines) is 1. The Morgan fingerprint density at radius 3 is 2.10 bits per heavy atom. The molecular formula is C36H50F3N5O6. The van der Waals surface area contributed by atoms with E-state index in [0.29, 0.717) is 6.42 Å². The van der Waals surface area contributed by atoms with Crippen molar-refractivity contribution in [1.82, 2.24) is 26.2 Å². The van der Waals surface area contributed by atoms with Gasteiger partial charge in [-0.2, -0.15) is 13.2 Å². The van der Waals surface area contributed by atoms with E-state index in [1.807, 2.05) is 20.8 Å². The van der Waals surface area contributed by atoms with Crippen LogP contribution < -0.4 is 21.3 Å². The lowest BCUT2D eigenvalue weighted by atomic mass is 9.85. The summed E-state index contributed by atoms with van der Waals surface area (Å²) in [4.78, 5) is 81.7. The molecule has 1 aliphatic carbocycles. The van der Waals surface area contributed by atoms with Gasteiger partial charge in [0.15, 0.2) is 5.78 Å². The topological polar surface area (TPSA) is 154 Å². The Hall–Kier alpha value is -4.23. The minimum absolute atomic E-state index is 0.0143. The summed E-state index contributed by atoms with van der Waals surface area (Å²) in [6.07, 6.45) is -2.44. The van der Waals surface area contributed by atoms with Crippen molar-refractivity contribution in [3.8, 4) is 0 Å². The van der Waals surface area contributed by atoms with Crippen molar-refractivity contribution >= 4 is 35.3 Å². The zero-order chi connectivity index (χ0) is 37.9. The second-order valence-corrected chi connectivity index (χ2v) is 15.2. The summed E-state index contributed by atoms with van der Waals surface area (Å²) in [5, 5.41) is 10.4. The van der Waals surface area contributed by atoms with Gasteiger partial charge in [-0.05, 0) is 47.1 Å². The number of rotatable bonds is 14. The molecule has 2 aliphatic rings. The molecular weight excluding hydrogens is 655 g/mol. The number of Topliss-reactive ketones (excluding diaryl/α,β-unsaturated/α-hetero) is 2. The zero-order valence-electron chi connectivity index (χ0n) is 30.0. The third-order valence-electron chi connectivity index (χ3n) is 9.72. The van der Waals surface area contributed by atoms with E-state index >= 15 is 0 Å². The lowest BCUT2D eigenvalue weighted by Crippen LogP contribution is -2.62. The SMILES string of the molecule is C=CCNC(=O)C(=O)C(CCC)NC(=O)[C@@H]1[C@@H]2[C@H](CN1C(=O)[C@@H](NC(=O)N[C@H](C(=O)c1ccc(C(F)(F)F)cc1)C(C)C)C(C)(C)C)C2(C)C. The third kappa shape index (κ3) is 8.91. The first-order chi connectivity index (χ1) is 23.1. The summed E-state index contributed by atoms with van der Waals surface area (Å²) in [5.74, 6) is -4.06. The molecule has 0 spiro atoms. The molecule has 0 aromatic heterocycles. The van der Waals surface area contributed by atoms with Gasteiger partial charge < -0.3 is 26.2 Å². The molecule has 1 aromatic carbocycles. The average molecular weight is 706 g/mol. The quantitative estimate of drug-likeness (QED) is 0.129. The number of benzene rings is 1. The fourth-order valence-corrected chi connectivity index (χ4v) is 6.70. The predicted molar refractivity (Wildman–Crippen MR) is 181 cm³/mol. The molecule has 1 aliphatic heterocycles. The average Bonchev–Trinajstić information content (AvgIpc) is 3.33. The highest BCUT2D eigenvalue weighted by Crippen LogP contribution is 2.65. The number of halogens is 3. The van der Waals surface area contributed by atoms with E-state index in [-0.39, 0.29) is 42.3 Å². The fourth-order valence-electron chi connectivity index (χ4n) is 6.70. The highest BCUT2D eigenvalue weighted by molar-refractivity contribution is 6.38. The first-order valence-corrected chi connectivity index (χ1v) is 16.9. The van der Waals surface area contributed by atoms with Gasteiger partial charge in [-0.15, -0.1) is 6.58 Å². The molecule has 4 N–H and O–H groups in total. The van der Waals surface area contributed by atoms with Crippen molar-refractivity contribution in [3.05, 3.63) is 48.0 Å². The van der Waals surface area contributed by atoms with Crippen LogP contribution in [0, 0.1) is 28.6 Å². The number of hydrogen-bond acceptors (Lipinski definition) is 6. The normalized spacial score (nSPS) is 21.3. The highest BCUT2D eigenvalue weighted by Gasteiger charge is 2.70. The molecule has 3 rings (SSSR count). The van der Waals surface area contributed by atoms with Crippen LogP contribution in [0.5, 0.6) is 0 Å². The van der Waals surface area contributed by atoms with Crippen LogP contribution >= 0.6 is 0 Å². The van der Waals surface area contributed by atoms with Crippen LogP contribution in [0.2, 0.25) is 0 Å². The predicted octanol–water partition coefficient (Wildman–Crippen LogP) is 4.27. The number of urea groups is 1. The maximum Gasteiger partial charge on any atom is 0.416 e. The molecule has 5 amide bonds. The number of piperidine rings is 1. The van der Waals surface area contributed by atoms with Crippen molar-refractivity contribution in [2.75, 3.05) is 13.1 Å². The molecule has 0 bridgehead atoms. The Kier molecular flexibility index (Phi) is 12.3. The summed E-state index contributed by atoms with van der Waals surface area (Å²) < 4.78 is 39.2. The van der Waals surface area contributed by atoms with Crippen LogP contribution in [-0.2, 0) is 25.4 Å². The number of nitrogens with one attached hydrogen (secondary N) is 4. The van der Waals surface area contributed by atoms with E-state index in [9.17, 15) is 41.9 Å². The Morgan fingerprint density at radius 2 is 1.60 bits per heavy atom. The van der Waals surface area contributed by atoms with Crippen molar-refractivity contribution in [3.63, 3.8) is 0 Å². The van der Waals surface area contributed by atoms with E-state index < -0.39 is 82.6 Å². The Labute approximate surface area is 291 Å². The van der Waals surface area contributed by atoms with Gasteiger partial charge >= 0.3 is 12.2 Å². The van der Waals surface area contributed by atoms with Crippen LogP contribution in [0.15, 0.2) is 36.9 Å². The lowest BCUT2D eigenvalue weighted by molar-refractivity contribution is -0.145. The summed E-state index contributed by atoms with van der Waals surface area (Å²) in [6, 6.07) is -1.50. The molecule has 1 saturated heterocycles. The van der Waals surface area contributed by atoms with Crippen molar-refractivity contribution in [2.45, 2.75) is 98.6 Å². The Bertz CT molecular complexity index is 1480. The number of ketones is 2. The van der Waals surface area contributed by atoms with E-state index in [0.717, 1.165) is 24.3 Å². The lowest BCUT2D eigenvalue weighted by Gasteiger charge is -2.38. The van der Waals surface area contributed by atoms with E-state index in [1.165, 1.54) is 11.0 Å². The number of hydrogen-bond donors (Lipinski definition) is 4. The van der Waals surface area contributed by atoms with Gasteiger partial charge in [-0.25, -0.2) is 4.79 Å². The van der Waals surface area contributed by atoms with Gasteiger partial charge in [0.2, 0.25) is 17.6 Å². The van der Waals surface area contributed by atoms with Crippen LogP contribution in [0.25, 0.3) is 0 Å². The number of alkyl halides is 3. The summed E-state index contributed by atoms with van der Waals surface area (Å²) in [7, 11) is 0. The number of nitrogens with zero attached hydrogens (tertiary/aromatic N) is 1. The molecule has 14 heteroatoms. The summed E-state index contributed by atoms with van der Waals surface area (Å²) in [6.45, 7) is 18.2. The van der Waals surface area contributed by atoms with Crippen LogP contribution in [0.4, 0.5) is 18.0 Å². The third-order valence-corrected chi connectivity index (χ3v) is 9.72. The van der Waals surface area contributed by atoms with Gasteiger partial charge in [0, 0.05) is 18.7 Å². The van der Waals surface area contributed by atoms with Crippen LogP contribution in [0.1, 0.15) is 84.2 Å². The molecule has 11 nitrogen and oxygen atoms in total. The Morgan fingerprint density at radius 1 is 1.00 bits per heavy atom. The first-order valence-electron chi connectivity index (χ1n) is 16.9. The van der Waals surface area contributed by atoms with Crippen LogP contribution in [0.3, 0.4) is 0 Å². The van der Waals surface area contributed by atoms with E-state index in [1.54, 1.807) is 34.6 Å². The maximum atomic E-state index is 14.3. The molecule has 50 heavy (non-hydrogen) atoms. The number of carbonyl (C=O) groups excluding carboxylic acids is 6. The van der Waals surface area contributed by atoms with Gasteiger partial charge in [-0.3, -0.25) is 24.0 Å². The maximum absolute atomic E-state index is 14.3. The molecule has 0 radical (unpaired) electrons. The summed E-state index contributed by atoms with van der Waals surface area (Å²) in [5.41, 5.74) is -2.07. The van der Waals surface area contributed by atoms with Crippen molar-refractivity contribution in [2.24, 2.45) is 28.6 Å². The minimum atomic E-state index is -4.58. The van der Waals surface area contributed by atoms with Gasteiger partial charge in [0.1, 0.15) is 12.1 Å². The molecule has 1 saturated carbocycles. The monoisotopic (exact) mass is 705 g/mol.